The fraction of sp³-hybridized carbons (Fsp3) is 0.524. The number of nitrogens with one attached hydrogen (secondary N) is 1. The number of nitrogens with two attached hydrogens (primary N) is 1. The molecule has 26 heavy (non-hydrogen) atoms. The average Bonchev–Trinajstić information content (AvgIpc) is 2.63. The van der Waals surface area contributed by atoms with Gasteiger partial charge in [-0.3, -0.25) is 9.78 Å². The summed E-state index contributed by atoms with van der Waals surface area (Å²) in [5, 5.41) is 4.02. The molecule has 0 saturated heterocycles. The van der Waals surface area contributed by atoms with Crippen molar-refractivity contribution in [3.05, 3.63) is 29.5 Å². The number of carbonyl (C=O) groups excluding carboxylic acids is 1. The lowest BCUT2D eigenvalue weighted by Crippen LogP contribution is -2.39. The van der Waals surface area contributed by atoms with Gasteiger partial charge in [0, 0.05) is 23.8 Å². The summed E-state index contributed by atoms with van der Waals surface area (Å²) in [5.74, 6) is 0.952. The van der Waals surface area contributed by atoms with Gasteiger partial charge >= 0.3 is 0 Å². The summed E-state index contributed by atoms with van der Waals surface area (Å²) in [6.45, 7) is 5.99. The number of amides is 1. The van der Waals surface area contributed by atoms with Crippen LogP contribution >= 0.6 is 0 Å². The highest BCUT2D eigenvalue weighted by Crippen LogP contribution is 2.35. The van der Waals surface area contributed by atoms with Crippen LogP contribution < -0.4 is 15.8 Å². The summed E-state index contributed by atoms with van der Waals surface area (Å²) in [7, 11) is 0. The first-order valence-corrected chi connectivity index (χ1v) is 9.67. The Balaban J connectivity index is 1.77. The first kappa shape index (κ1) is 18.5. The topological polar surface area (TPSA) is 77.2 Å². The van der Waals surface area contributed by atoms with Crippen molar-refractivity contribution in [3.63, 3.8) is 0 Å². The lowest BCUT2D eigenvalue weighted by Gasteiger charge is -2.30. The molecule has 0 unspecified atom stereocenters. The van der Waals surface area contributed by atoms with E-state index in [9.17, 15) is 4.79 Å². The summed E-state index contributed by atoms with van der Waals surface area (Å²) < 4.78 is 6.34. The zero-order valence-electron chi connectivity index (χ0n) is 16.0. The van der Waals surface area contributed by atoms with Gasteiger partial charge in [0.15, 0.2) is 0 Å². The Bertz CT molecular complexity index is 795. The fourth-order valence-corrected chi connectivity index (χ4v) is 3.86. The van der Waals surface area contributed by atoms with Gasteiger partial charge < -0.3 is 15.8 Å². The first-order chi connectivity index (χ1) is 12.5. The maximum absolute atomic E-state index is 11.6. The summed E-state index contributed by atoms with van der Waals surface area (Å²) in [6, 6.07) is 6.22. The van der Waals surface area contributed by atoms with E-state index in [2.05, 4.69) is 12.2 Å². The highest BCUT2D eigenvalue weighted by molar-refractivity contribution is 5.97. The smallest absolute Gasteiger partial charge is 0.219 e. The second kappa shape index (κ2) is 7.94. The highest BCUT2D eigenvalue weighted by Gasteiger charge is 2.24. The Labute approximate surface area is 155 Å². The van der Waals surface area contributed by atoms with Gasteiger partial charge in [-0.2, -0.15) is 0 Å². The van der Waals surface area contributed by atoms with Crippen molar-refractivity contribution in [2.24, 2.45) is 0 Å². The van der Waals surface area contributed by atoms with Crippen molar-refractivity contribution in [3.8, 4) is 5.75 Å². The van der Waals surface area contributed by atoms with E-state index in [0.29, 0.717) is 6.42 Å². The highest BCUT2D eigenvalue weighted by atomic mass is 16.5. The van der Waals surface area contributed by atoms with Crippen LogP contribution in [0.5, 0.6) is 5.75 Å². The molecule has 3 N–H and O–H groups in total. The number of carbonyl (C=O) groups is 1. The number of nitrogens with zero attached hydrogens (tertiary/aromatic N) is 1. The van der Waals surface area contributed by atoms with Crippen LogP contribution in [0, 0.1) is 6.92 Å². The molecule has 140 valence electrons. The minimum Gasteiger partial charge on any atom is -0.490 e. The first-order valence-electron chi connectivity index (χ1n) is 9.67. The van der Waals surface area contributed by atoms with Crippen LogP contribution in [0.15, 0.2) is 18.2 Å². The van der Waals surface area contributed by atoms with Gasteiger partial charge in [0.1, 0.15) is 5.75 Å². The molecular weight excluding hydrogens is 326 g/mol. The van der Waals surface area contributed by atoms with E-state index in [-0.39, 0.29) is 18.1 Å². The predicted octanol–water partition coefficient (Wildman–Crippen LogP) is 3.90. The molecule has 3 rings (SSSR count). The second-order valence-electron chi connectivity index (χ2n) is 7.11. The minimum atomic E-state index is 0.129. The minimum absolute atomic E-state index is 0.129. The number of anilines is 1. The summed E-state index contributed by atoms with van der Waals surface area (Å²) >= 11 is 0. The third-order valence-electron chi connectivity index (χ3n) is 5.33. The number of nitrogen functional groups attached to an aromatic ring is 1. The van der Waals surface area contributed by atoms with Crippen molar-refractivity contribution >= 4 is 22.5 Å². The Morgan fingerprint density at radius 3 is 2.65 bits per heavy atom. The molecule has 0 radical (unpaired) electrons. The van der Waals surface area contributed by atoms with Crippen molar-refractivity contribution in [1.82, 2.24) is 10.3 Å². The molecular formula is C21H29N3O2. The standard InChI is InChI=1S/C21H29N3O2/c1-4-16-13(3)23-17-7-6-8-18(20(17)21(16)22)26-15-11-9-14(10-12-15)24-19(25)5-2/h6-8,14-15H,4-5,9-12H2,1-3H3,(H2,22,23)(H,24,25)/t14-,15-. The molecule has 1 aliphatic rings. The number of hydrogen-bond acceptors (Lipinski definition) is 4. The zero-order chi connectivity index (χ0) is 18.7. The lowest BCUT2D eigenvalue weighted by atomic mass is 9.92. The van der Waals surface area contributed by atoms with Gasteiger partial charge in [-0.25, -0.2) is 0 Å². The zero-order valence-corrected chi connectivity index (χ0v) is 16.0. The number of rotatable bonds is 5. The van der Waals surface area contributed by atoms with Crippen LogP contribution in [0.25, 0.3) is 10.9 Å². The molecule has 0 aliphatic heterocycles. The van der Waals surface area contributed by atoms with Gasteiger partial charge in [-0.1, -0.05) is 19.9 Å². The van der Waals surface area contributed by atoms with Crippen molar-refractivity contribution < 1.29 is 9.53 Å². The number of ether oxygens (including phenoxy) is 1. The second-order valence-corrected chi connectivity index (χ2v) is 7.11. The van der Waals surface area contributed by atoms with Crippen molar-refractivity contribution in [1.29, 1.82) is 0 Å². The van der Waals surface area contributed by atoms with E-state index in [1.807, 2.05) is 32.0 Å². The van der Waals surface area contributed by atoms with E-state index in [4.69, 9.17) is 15.5 Å². The summed E-state index contributed by atoms with van der Waals surface area (Å²) in [5.41, 5.74) is 10.2. The third-order valence-corrected chi connectivity index (χ3v) is 5.33. The molecule has 1 aliphatic carbocycles. The molecule has 1 fully saturated rings. The van der Waals surface area contributed by atoms with Crippen LogP contribution in [-0.2, 0) is 11.2 Å². The molecule has 5 heteroatoms. The average molecular weight is 355 g/mol. The van der Waals surface area contributed by atoms with Crippen LogP contribution in [0.3, 0.4) is 0 Å². The van der Waals surface area contributed by atoms with Crippen LogP contribution in [0.2, 0.25) is 0 Å². The Kier molecular flexibility index (Phi) is 5.64. The van der Waals surface area contributed by atoms with E-state index in [1.165, 1.54) is 0 Å². The van der Waals surface area contributed by atoms with Crippen molar-refractivity contribution in [2.45, 2.75) is 71.4 Å². The van der Waals surface area contributed by atoms with Gasteiger partial charge in [-0.15, -0.1) is 0 Å². The summed E-state index contributed by atoms with van der Waals surface area (Å²) in [4.78, 5) is 16.3. The molecule has 0 atom stereocenters. The molecule has 1 heterocycles. The van der Waals surface area contributed by atoms with Crippen LogP contribution in [0.4, 0.5) is 5.69 Å². The maximum atomic E-state index is 11.6. The maximum Gasteiger partial charge on any atom is 0.219 e. The number of benzene rings is 1. The molecule has 0 spiro atoms. The predicted molar refractivity (Wildman–Crippen MR) is 105 cm³/mol. The molecule has 1 saturated carbocycles. The van der Waals surface area contributed by atoms with E-state index in [0.717, 1.165) is 65.7 Å². The third kappa shape index (κ3) is 3.76. The normalized spacial score (nSPS) is 20.1. The number of fused-ring (bicyclic) bond motifs is 1. The van der Waals surface area contributed by atoms with E-state index < -0.39 is 0 Å². The molecule has 1 aromatic carbocycles. The van der Waals surface area contributed by atoms with Gasteiger partial charge in [0.2, 0.25) is 5.91 Å². The Morgan fingerprint density at radius 1 is 1.27 bits per heavy atom. The van der Waals surface area contributed by atoms with Crippen LogP contribution in [-0.4, -0.2) is 23.0 Å². The number of aromatic nitrogens is 1. The van der Waals surface area contributed by atoms with Crippen LogP contribution in [0.1, 0.15) is 57.2 Å². The quantitative estimate of drug-likeness (QED) is 0.852. The molecule has 1 amide bonds. The molecule has 2 aromatic rings. The number of pyridine rings is 1. The largest absolute Gasteiger partial charge is 0.490 e. The monoisotopic (exact) mass is 355 g/mol. The number of aryl methyl sites for hydroxylation is 1. The summed E-state index contributed by atoms with van der Waals surface area (Å²) in [6.07, 6.45) is 5.33. The van der Waals surface area contributed by atoms with Gasteiger partial charge in [-0.05, 0) is 56.7 Å². The van der Waals surface area contributed by atoms with Gasteiger partial charge in [0.05, 0.1) is 17.0 Å². The fourth-order valence-electron chi connectivity index (χ4n) is 3.86. The lowest BCUT2D eigenvalue weighted by molar-refractivity contribution is -0.121. The van der Waals surface area contributed by atoms with Crippen molar-refractivity contribution in [2.75, 3.05) is 5.73 Å². The number of hydrogen-bond donors (Lipinski definition) is 2. The SMILES string of the molecule is CCC(=O)N[C@H]1CC[C@H](Oc2cccc3nc(C)c(CC)c(N)c23)CC1. The Morgan fingerprint density at radius 2 is 2.00 bits per heavy atom. The molecule has 0 bridgehead atoms. The molecule has 5 nitrogen and oxygen atoms in total. The van der Waals surface area contributed by atoms with E-state index in [1.54, 1.807) is 0 Å². The van der Waals surface area contributed by atoms with E-state index >= 15 is 0 Å². The van der Waals surface area contributed by atoms with Gasteiger partial charge in [0.25, 0.3) is 0 Å². The molecule has 1 aromatic heterocycles. The Hall–Kier alpha value is -2.30.